The van der Waals surface area contributed by atoms with Crippen LogP contribution in [0.4, 0.5) is 0 Å². The van der Waals surface area contributed by atoms with Crippen molar-refractivity contribution in [2.24, 2.45) is 11.8 Å². The minimum absolute atomic E-state index is 0.0617. The van der Waals surface area contributed by atoms with Crippen LogP contribution in [0.5, 0.6) is 11.5 Å². The maximum Gasteiger partial charge on any atom is 0.223 e. The van der Waals surface area contributed by atoms with Gasteiger partial charge in [0, 0.05) is 18.9 Å². The number of hydrogen-bond acceptors (Lipinski definition) is 4. The summed E-state index contributed by atoms with van der Waals surface area (Å²) >= 11 is 0. The van der Waals surface area contributed by atoms with Crippen molar-refractivity contribution in [1.29, 1.82) is 0 Å². The minimum Gasteiger partial charge on any atom is -0.490 e. The first-order chi connectivity index (χ1) is 10.2. The lowest BCUT2D eigenvalue weighted by Gasteiger charge is -2.31. The van der Waals surface area contributed by atoms with Crippen molar-refractivity contribution in [3.05, 3.63) is 23.8 Å². The van der Waals surface area contributed by atoms with Crippen LogP contribution < -0.4 is 20.1 Å². The molecule has 1 atom stereocenters. The molecule has 0 aliphatic carbocycles. The van der Waals surface area contributed by atoms with Gasteiger partial charge in [-0.05, 0) is 36.7 Å². The van der Waals surface area contributed by atoms with E-state index in [2.05, 4.69) is 10.6 Å². The molecular formula is C16H22N2O3. The quantitative estimate of drug-likeness (QED) is 0.878. The fourth-order valence-electron chi connectivity index (χ4n) is 2.55. The highest BCUT2D eigenvalue weighted by Crippen LogP contribution is 2.30. The zero-order valence-corrected chi connectivity index (χ0v) is 12.4. The van der Waals surface area contributed by atoms with Crippen molar-refractivity contribution in [1.82, 2.24) is 10.6 Å². The fourth-order valence-corrected chi connectivity index (χ4v) is 2.55. The summed E-state index contributed by atoms with van der Waals surface area (Å²) in [6, 6.07) is 5.85. The minimum atomic E-state index is 0.0617. The Morgan fingerprint density at radius 2 is 2.10 bits per heavy atom. The van der Waals surface area contributed by atoms with Crippen LogP contribution in [0.15, 0.2) is 18.2 Å². The summed E-state index contributed by atoms with van der Waals surface area (Å²) in [5, 5.41) is 6.21. The Balaban J connectivity index is 1.57. The molecule has 1 aromatic carbocycles. The highest BCUT2D eigenvalue weighted by atomic mass is 16.5. The topological polar surface area (TPSA) is 59.6 Å². The molecule has 1 saturated heterocycles. The molecule has 1 aromatic rings. The van der Waals surface area contributed by atoms with Gasteiger partial charge in [-0.1, -0.05) is 13.0 Å². The van der Waals surface area contributed by atoms with E-state index in [-0.39, 0.29) is 11.8 Å². The van der Waals surface area contributed by atoms with Crippen LogP contribution in [0.3, 0.4) is 0 Å². The van der Waals surface area contributed by atoms with Crippen molar-refractivity contribution < 1.29 is 14.3 Å². The van der Waals surface area contributed by atoms with Crippen LogP contribution >= 0.6 is 0 Å². The first kappa shape index (κ1) is 14.2. The molecule has 0 radical (unpaired) electrons. The molecule has 0 bridgehead atoms. The average molecular weight is 290 g/mol. The Bertz CT molecular complexity index is 514. The van der Waals surface area contributed by atoms with Crippen molar-refractivity contribution >= 4 is 5.91 Å². The maximum absolute atomic E-state index is 12.1. The molecule has 5 heteroatoms. The number of benzene rings is 1. The number of fused-ring (bicyclic) bond motifs is 1. The molecule has 2 N–H and O–H groups in total. The van der Waals surface area contributed by atoms with Crippen molar-refractivity contribution in [2.75, 3.05) is 26.3 Å². The van der Waals surface area contributed by atoms with Crippen LogP contribution in [0, 0.1) is 11.8 Å². The Hall–Kier alpha value is -1.75. The lowest BCUT2D eigenvalue weighted by Crippen LogP contribution is -2.49. The van der Waals surface area contributed by atoms with Gasteiger partial charge in [-0.15, -0.1) is 0 Å². The van der Waals surface area contributed by atoms with E-state index in [1.54, 1.807) is 0 Å². The standard InChI is InChI=1S/C16H22N2O3/c1-11(13-9-17-10-13)16(19)18-8-12-3-4-14-15(7-12)21-6-2-5-20-14/h3-4,7,11,13,17H,2,5-6,8-10H2,1H3,(H,18,19). The fraction of sp³-hybridized carbons (Fsp3) is 0.562. The third-order valence-corrected chi connectivity index (χ3v) is 4.21. The summed E-state index contributed by atoms with van der Waals surface area (Å²) < 4.78 is 11.3. The van der Waals surface area contributed by atoms with Gasteiger partial charge in [0.2, 0.25) is 5.91 Å². The van der Waals surface area contributed by atoms with Crippen LogP contribution in [0.25, 0.3) is 0 Å². The third kappa shape index (κ3) is 3.29. The van der Waals surface area contributed by atoms with E-state index in [1.165, 1.54) is 0 Å². The maximum atomic E-state index is 12.1. The summed E-state index contributed by atoms with van der Waals surface area (Å²) in [6.45, 7) is 5.77. The summed E-state index contributed by atoms with van der Waals surface area (Å²) in [5.41, 5.74) is 1.03. The first-order valence-electron chi connectivity index (χ1n) is 7.61. The Morgan fingerprint density at radius 1 is 1.33 bits per heavy atom. The molecule has 1 unspecified atom stereocenters. The molecule has 0 saturated carbocycles. The van der Waals surface area contributed by atoms with Gasteiger partial charge in [-0.2, -0.15) is 0 Å². The van der Waals surface area contributed by atoms with E-state index in [9.17, 15) is 4.79 Å². The predicted octanol–water partition coefficient (Wildman–Crippen LogP) is 1.32. The summed E-state index contributed by atoms with van der Waals surface area (Å²) in [4.78, 5) is 12.1. The van der Waals surface area contributed by atoms with Crippen molar-refractivity contribution in [3.8, 4) is 11.5 Å². The van der Waals surface area contributed by atoms with Gasteiger partial charge >= 0.3 is 0 Å². The molecular weight excluding hydrogens is 268 g/mol. The number of carbonyl (C=O) groups is 1. The van der Waals surface area contributed by atoms with Gasteiger partial charge in [0.15, 0.2) is 11.5 Å². The Kier molecular flexibility index (Phi) is 4.29. The second-order valence-corrected chi connectivity index (χ2v) is 5.76. The van der Waals surface area contributed by atoms with Gasteiger partial charge in [-0.3, -0.25) is 4.79 Å². The summed E-state index contributed by atoms with van der Waals surface area (Å²) in [6.07, 6.45) is 0.897. The van der Waals surface area contributed by atoms with Gasteiger partial charge in [0.25, 0.3) is 0 Å². The Morgan fingerprint density at radius 3 is 2.81 bits per heavy atom. The second-order valence-electron chi connectivity index (χ2n) is 5.76. The van der Waals surface area contributed by atoms with E-state index < -0.39 is 0 Å². The Labute approximate surface area is 125 Å². The van der Waals surface area contributed by atoms with E-state index in [1.807, 2.05) is 25.1 Å². The third-order valence-electron chi connectivity index (χ3n) is 4.21. The van der Waals surface area contributed by atoms with Crippen LogP contribution in [-0.2, 0) is 11.3 Å². The predicted molar refractivity (Wildman–Crippen MR) is 79.4 cm³/mol. The highest BCUT2D eigenvalue weighted by molar-refractivity contribution is 5.78. The molecule has 2 aliphatic heterocycles. The van der Waals surface area contributed by atoms with Gasteiger partial charge in [0.05, 0.1) is 13.2 Å². The molecule has 0 aromatic heterocycles. The molecule has 1 amide bonds. The average Bonchev–Trinajstić information content (AvgIpc) is 2.67. The molecule has 5 nitrogen and oxygen atoms in total. The van der Waals surface area contributed by atoms with E-state index >= 15 is 0 Å². The SMILES string of the molecule is CC(C(=O)NCc1ccc2c(c1)OCCCO2)C1CNC1. The monoisotopic (exact) mass is 290 g/mol. The molecule has 0 spiro atoms. The molecule has 21 heavy (non-hydrogen) atoms. The zero-order valence-electron chi connectivity index (χ0n) is 12.4. The number of amides is 1. The van der Waals surface area contributed by atoms with Crippen LogP contribution in [0.2, 0.25) is 0 Å². The van der Waals surface area contributed by atoms with Crippen LogP contribution in [-0.4, -0.2) is 32.2 Å². The van der Waals surface area contributed by atoms with Crippen LogP contribution in [0.1, 0.15) is 18.9 Å². The van der Waals surface area contributed by atoms with Crippen molar-refractivity contribution in [2.45, 2.75) is 19.9 Å². The first-order valence-corrected chi connectivity index (χ1v) is 7.61. The number of ether oxygens (including phenoxy) is 2. The van der Waals surface area contributed by atoms with Gasteiger partial charge in [0.1, 0.15) is 0 Å². The lowest BCUT2D eigenvalue weighted by atomic mass is 9.88. The number of hydrogen-bond donors (Lipinski definition) is 2. The van der Waals surface area contributed by atoms with Gasteiger partial charge in [-0.25, -0.2) is 0 Å². The summed E-state index contributed by atoms with van der Waals surface area (Å²) in [5.74, 6) is 2.21. The number of nitrogens with one attached hydrogen (secondary N) is 2. The molecule has 1 fully saturated rings. The van der Waals surface area contributed by atoms with E-state index in [0.717, 1.165) is 36.6 Å². The van der Waals surface area contributed by atoms with Gasteiger partial charge < -0.3 is 20.1 Å². The van der Waals surface area contributed by atoms with Crippen molar-refractivity contribution in [3.63, 3.8) is 0 Å². The molecule has 2 heterocycles. The second kappa shape index (κ2) is 6.35. The van der Waals surface area contributed by atoms with E-state index in [0.29, 0.717) is 25.7 Å². The largest absolute Gasteiger partial charge is 0.490 e. The number of carbonyl (C=O) groups excluding carboxylic acids is 1. The highest BCUT2D eigenvalue weighted by Gasteiger charge is 2.28. The normalized spacial score (nSPS) is 19.3. The molecule has 114 valence electrons. The van der Waals surface area contributed by atoms with E-state index in [4.69, 9.17) is 9.47 Å². The zero-order chi connectivity index (χ0) is 14.7. The molecule has 2 aliphatic rings. The summed E-state index contributed by atoms with van der Waals surface area (Å²) in [7, 11) is 0. The number of rotatable bonds is 4. The molecule has 3 rings (SSSR count). The lowest BCUT2D eigenvalue weighted by molar-refractivity contribution is -0.126. The smallest absolute Gasteiger partial charge is 0.223 e.